The van der Waals surface area contributed by atoms with Crippen LogP contribution >= 0.6 is 0 Å². The van der Waals surface area contributed by atoms with Crippen molar-refractivity contribution >= 4 is 0 Å². The Morgan fingerprint density at radius 2 is 2.00 bits per heavy atom. The molecule has 4 nitrogen and oxygen atoms in total. The molecule has 0 bridgehead atoms. The quantitative estimate of drug-likeness (QED) is 0.694. The Labute approximate surface area is 156 Å². The van der Waals surface area contributed by atoms with Gasteiger partial charge in [-0.25, -0.2) is 4.98 Å². The van der Waals surface area contributed by atoms with Crippen molar-refractivity contribution in [3.63, 3.8) is 0 Å². The first kappa shape index (κ1) is 18.9. The second-order valence-corrected chi connectivity index (χ2v) is 7.30. The van der Waals surface area contributed by atoms with Gasteiger partial charge in [0.2, 0.25) is 0 Å². The van der Waals surface area contributed by atoms with Crippen LogP contribution in [0.3, 0.4) is 0 Å². The van der Waals surface area contributed by atoms with E-state index in [2.05, 4.69) is 63.1 Å². The molecule has 1 aliphatic heterocycles. The predicted octanol–water partition coefficient (Wildman–Crippen LogP) is 4.34. The van der Waals surface area contributed by atoms with Crippen LogP contribution in [0.4, 0.5) is 0 Å². The van der Waals surface area contributed by atoms with Gasteiger partial charge >= 0.3 is 0 Å². The van der Waals surface area contributed by atoms with Crippen molar-refractivity contribution in [1.82, 2.24) is 9.55 Å². The van der Waals surface area contributed by atoms with Crippen LogP contribution in [0.1, 0.15) is 36.0 Å². The van der Waals surface area contributed by atoms with Gasteiger partial charge < -0.3 is 14.0 Å². The Morgan fingerprint density at radius 1 is 1.27 bits per heavy atom. The monoisotopic (exact) mass is 354 g/mol. The molecule has 2 aromatic heterocycles. The molecule has 0 spiro atoms. The van der Waals surface area contributed by atoms with Crippen molar-refractivity contribution in [1.29, 1.82) is 0 Å². The summed E-state index contributed by atoms with van der Waals surface area (Å²) >= 11 is 0. The van der Waals surface area contributed by atoms with Crippen molar-refractivity contribution in [3.05, 3.63) is 59.6 Å². The van der Waals surface area contributed by atoms with Crippen molar-refractivity contribution in [2.75, 3.05) is 13.2 Å². The summed E-state index contributed by atoms with van der Waals surface area (Å²) in [6.07, 6.45) is 3.89. The third-order valence-corrected chi connectivity index (χ3v) is 5.14. The van der Waals surface area contributed by atoms with Crippen LogP contribution in [0.2, 0.25) is 0 Å². The maximum absolute atomic E-state index is 6.19. The van der Waals surface area contributed by atoms with E-state index in [-0.39, 0.29) is 12.2 Å². The van der Waals surface area contributed by atoms with E-state index in [1.54, 1.807) is 0 Å². The van der Waals surface area contributed by atoms with Gasteiger partial charge in [0.1, 0.15) is 5.82 Å². The molecule has 3 unspecified atom stereocenters. The molecule has 0 aliphatic carbocycles. The number of ether oxygens (including phenoxy) is 2. The first-order chi connectivity index (χ1) is 12.5. The summed E-state index contributed by atoms with van der Waals surface area (Å²) in [5.74, 6) is 1.33. The van der Waals surface area contributed by atoms with Gasteiger partial charge in [-0.3, -0.25) is 0 Å². The van der Waals surface area contributed by atoms with E-state index in [4.69, 9.17) is 14.5 Å². The van der Waals surface area contributed by atoms with Crippen LogP contribution < -0.4 is 0 Å². The fourth-order valence-corrected chi connectivity index (χ4v) is 3.70. The average Bonchev–Trinajstić information content (AvgIpc) is 3.18. The molecule has 0 N–H and O–H groups in total. The third kappa shape index (κ3) is 4.08. The van der Waals surface area contributed by atoms with Crippen LogP contribution in [0.25, 0.3) is 5.82 Å². The lowest BCUT2D eigenvalue weighted by molar-refractivity contribution is -0.0100. The highest BCUT2D eigenvalue weighted by atomic mass is 16.6. The highest BCUT2D eigenvalue weighted by Gasteiger charge is 2.31. The molecule has 140 valence electrons. The number of hydrogen-bond acceptors (Lipinski definition) is 3. The zero-order valence-corrected chi connectivity index (χ0v) is 16.4. The molecule has 26 heavy (non-hydrogen) atoms. The molecule has 0 radical (unpaired) electrons. The van der Waals surface area contributed by atoms with E-state index in [0.29, 0.717) is 12.5 Å². The second kappa shape index (κ2) is 8.19. The van der Waals surface area contributed by atoms with E-state index < -0.39 is 0 Å². The highest BCUT2D eigenvalue weighted by molar-refractivity contribution is 5.35. The highest BCUT2D eigenvalue weighted by Crippen LogP contribution is 2.25. The van der Waals surface area contributed by atoms with Crippen molar-refractivity contribution in [2.45, 2.75) is 52.7 Å². The first-order valence-electron chi connectivity index (χ1n) is 9.50. The molecule has 2 aromatic rings. The van der Waals surface area contributed by atoms with E-state index in [1.165, 1.54) is 17.0 Å². The molecule has 1 fully saturated rings. The van der Waals surface area contributed by atoms with Gasteiger partial charge in [-0.05, 0) is 63.4 Å². The topological polar surface area (TPSA) is 36.3 Å². The lowest BCUT2D eigenvalue weighted by Gasteiger charge is -2.22. The molecular formula is C22H30N2O2. The van der Waals surface area contributed by atoms with E-state index in [0.717, 1.165) is 31.0 Å². The molecule has 1 aliphatic rings. The summed E-state index contributed by atoms with van der Waals surface area (Å²) in [5.41, 5.74) is 4.73. The lowest BCUT2D eigenvalue weighted by atomic mass is 9.98. The Kier molecular flexibility index (Phi) is 5.94. The summed E-state index contributed by atoms with van der Waals surface area (Å²) in [5, 5.41) is 0. The van der Waals surface area contributed by atoms with Gasteiger partial charge in [0.05, 0.1) is 25.4 Å². The minimum absolute atomic E-state index is 0.0930. The van der Waals surface area contributed by atoms with E-state index in [9.17, 15) is 0 Å². The zero-order chi connectivity index (χ0) is 18.7. The Morgan fingerprint density at radius 3 is 2.65 bits per heavy atom. The summed E-state index contributed by atoms with van der Waals surface area (Å²) in [4.78, 5) is 4.95. The van der Waals surface area contributed by atoms with E-state index in [1.807, 2.05) is 6.08 Å². The smallest absolute Gasteiger partial charge is 0.137 e. The van der Waals surface area contributed by atoms with Crippen LogP contribution in [0.15, 0.2) is 36.9 Å². The summed E-state index contributed by atoms with van der Waals surface area (Å²) in [7, 11) is 0. The Hall–Kier alpha value is -1.91. The number of rotatable bonds is 7. The molecule has 0 saturated carbocycles. The predicted molar refractivity (Wildman–Crippen MR) is 105 cm³/mol. The number of hydrogen-bond donors (Lipinski definition) is 0. The third-order valence-electron chi connectivity index (χ3n) is 5.14. The lowest BCUT2D eigenvalue weighted by Crippen LogP contribution is -2.28. The summed E-state index contributed by atoms with van der Waals surface area (Å²) in [6.45, 7) is 13.7. The zero-order valence-electron chi connectivity index (χ0n) is 16.4. The standard InChI is InChI=1S/C22H30N2O2/c1-6-20(7-2)26-21-14-25-13-18(21)12-19-10-15(3)11-22(23-19)24-16(4)8-9-17(24)5/h6,8-11,18,20-21H,1,7,12-14H2,2-5H3. The molecule has 4 heteroatoms. The van der Waals surface area contributed by atoms with Gasteiger partial charge in [-0.15, -0.1) is 6.58 Å². The van der Waals surface area contributed by atoms with Gasteiger partial charge in [-0.1, -0.05) is 13.0 Å². The number of pyridine rings is 1. The van der Waals surface area contributed by atoms with Gasteiger partial charge in [0.15, 0.2) is 0 Å². The minimum atomic E-state index is 0.0930. The SMILES string of the molecule is C=CC(CC)OC1COCC1Cc1cc(C)cc(-n2c(C)ccc2C)n1. The maximum Gasteiger partial charge on any atom is 0.137 e. The van der Waals surface area contributed by atoms with Crippen LogP contribution in [0.5, 0.6) is 0 Å². The number of aromatic nitrogens is 2. The van der Waals surface area contributed by atoms with Crippen LogP contribution in [0, 0.1) is 26.7 Å². The normalized spacial score (nSPS) is 21.1. The van der Waals surface area contributed by atoms with Crippen LogP contribution in [-0.2, 0) is 15.9 Å². The first-order valence-corrected chi connectivity index (χ1v) is 9.50. The number of nitrogens with zero attached hydrogens (tertiary/aromatic N) is 2. The molecule has 0 amide bonds. The molecule has 3 rings (SSSR count). The molecule has 3 heterocycles. The summed E-state index contributed by atoms with van der Waals surface area (Å²) < 4.78 is 14.1. The minimum Gasteiger partial charge on any atom is -0.378 e. The largest absolute Gasteiger partial charge is 0.378 e. The molecule has 3 atom stereocenters. The maximum atomic E-state index is 6.19. The summed E-state index contributed by atoms with van der Waals surface area (Å²) in [6, 6.07) is 8.59. The van der Waals surface area contributed by atoms with Crippen LogP contribution in [-0.4, -0.2) is 35.0 Å². The van der Waals surface area contributed by atoms with Crippen molar-refractivity contribution in [3.8, 4) is 5.82 Å². The van der Waals surface area contributed by atoms with Gasteiger partial charge in [0, 0.05) is 23.0 Å². The molecular weight excluding hydrogens is 324 g/mol. The van der Waals surface area contributed by atoms with Gasteiger partial charge in [-0.2, -0.15) is 0 Å². The molecule has 0 aromatic carbocycles. The molecule has 1 saturated heterocycles. The fourth-order valence-electron chi connectivity index (χ4n) is 3.70. The van der Waals surface area contributed by atoms with Crippen molar-refractivity contribution in [2.24, 2.45) is 5.92 Å². The number of aryl methyl sites for hydroxylation is 3. The second-order valence-electron chi connectivity index (χ2n) is 7.30. The Balaban J connectivity index is 1.80. The van der Waals surface area contributed by atoms with Gasteiger partial charge in [0.25, 0.3) is 0 Å². The van der Waals surface area contributed by atoms with E-state index >= 15 is 0 Å². The average molecular weight is 354 g/mol. The Bertz CT molecular complexity index is 746. The van der Waals surface area contributed by atoms with Crippen molar-refractivity contribution < 1.29 is 9.47 Å². The fraction of sp³-hybridized carbons (Fsp3) is 0.500.